The molecule has 0 unspecified atom stereocenters. The maximum absolute atomic E-state index is 12.4. The van der Waals surface area contributed by atoms with E-state index >= 15 is 0 Å². The molecule has 1 aromatic carbocycles. The molecule has 0 heterocycles. The first-order valence-electron chi connectivity index (χ1n) is 7.17. The molecule has 1 nitrogen and oxygen atoms in total. The van der Waals surface area contributed by atoms with Crippen LogP contribution >= 0.6 is 11.6 Å². The van der Waals surface area contributed by atoms with Gasteiger partial charge >= 0.3 is 0 Å². The van der Waals surface area contributed by atoms with Crippen molar-refractivity contribution in [2.75, 3.05) is 0 Å². The summed E-state index contributed by atoms with van der Waals surface area (Å²) >= 11 is 5.84. The van der Waals surface area contributed by atoms with Gasteiger partial charge in [-0.05, 0) is 24.0 Å². The minimum atomic E-state index is -2.22. The van der Waals surface area contributed by atoms with Crippen LogP contribution in [-0.4, -0.2) is 5.78 Å². The number of benzene rings is 1. The molecule has 0 bridgehead atoms. The lowest BCUT2D eigenvalue weighted by Crippen LogP contribution is -2.18. The Kier molecular flexibility index (Phi) is 2.60. The third-order valence-corrected chi connectivity index (χ3v) is 2.42. The number of ketones is 1. The van der Waals surface area contributed by atoms with E-state index in [4.69, 9.17) is 17.1 Å². The lowest BCUT2D eigenvalue weighted by atomic mass is 9.82. The molecule has 1 rings (SSSR count). The van der Waals surface area contributed by atoms with Gasteiger partial charge in [-0.15, -0.1) is 0 Å². The van der Waals surface area contributed by atoms with Gasteiger partial charge in [-0.2, -0.15) is 0 Å². The molecule has 0 N–H and O–H groups in total. The van der Waals surface area contributed by atoms with Gasteiger partial charge in [0.25, 0.3) is 0 Å². The molecule has 1 atom stereocenters. The van der Waals surface area contributed by atoms with Crippen LogP contribution in [0.4, 0.5) is 0 Å². The van der Waals surface area contributed by atoms with E-state index < -0.39 is 23.9 Å². The van der Waals surface area contributed by atoms with Crippen molar-refractivity contribution in [3.8, 4) is 0 Å². The fraction of sp³-hybridized carbons (Fsp3) is 0.500. The fourth-order valence-corrected chi connectivity index (χ4v) is 1.81. The predicted molar refractivity (Wildman–Crippen MR) is 69.0 cm³/mol. The van der Waals surface area contributed by atoms with Crippen molar-refractivity contribution in [1.29, 1.82) is 0 Å². The maximum Gasteiger partial charge on any atom is 0.165 e. The topological polar surface area (TPSA) is 17.1 Å². The van der Waals surface area contributed by atoms with Crippen LogP contribution < -0.4 is 0 Å². The number of carbonyl (C=O) groups is 1. The zero-order chi connectivity index (χ0) is 15.8. The van der Waals surface area contributed by atoms with Gasteiger partial charge in [-0.1, -0.05) is 51.4 Å². The molecular weight excluding hydrogens is 220 g/mol. The highest BCUT2D eigenvalue weighted by Gasteiger charge is 2.21. The Labute approximate surface area is 108 Å². The van der Waals surface area contributed by atoms with Crippen LogP contribution in [-0.2, 0) is 0 Å². The molecule has 88 valence electrons. The van der Waals surface area contributed by atoms with E-state index in [1.54, 1.807) is 32.0 Å². The van der Waals surface area contributed by atoms with E-state index in [2.05, 4.69) is 0 Å². The van der Waals surface area contributed by atoms with Gasteiger partial charge in [-0.25, -0.2) is 0 Å². The Bertz CT molecular complexity index is 506. The summed E-state index contributed by atoms with van der Waals surface area (Å²) in [4.78, 5) is 12.4. The lowest BCUT2D eigenvalue weighted by molar-refractivity contribution is 0.0897. The van der Waals surface area contributed by atoms with Crippen LogP contribution in [0.2, 0.25) is 5.02 Å². The third-order valence-electron chi connectivity index (χ3n) is 2.18. The number of halogens is 1. The van der Waals surface area contributed by atoms with E-state index in [0.717, 1.165) is 0 Å². The predicted octanol–water partition coefficient (Wildman–Crippen LogP) is 4.60. The Morgan fingerprint density at radius 2 is 2.31 bits per heavy atom. The summed E-state index contributed by atoms with van der Waals surface area (Å²) in [5, 5.41) is 0.418. The monoisotopic (exact) mass is 242 g/mol. The summed E-state index contributed by atoms with van der Waals surface area (Å²) in [5.41, 5.74) is -0.783. The first kappa shape index (κ1) is 8.30. The van der Waals surface area contributed by atoms with Crippen molar-refractivity contribution >= 4 is 17.4 Å². The van der Waals surface area contributed by atoms with E-state index in [9.17, 15) is 4.79 Å². The SMILES string of the molecule is [2H]C([2H])([2H])C(C)(C)C[C@]([2H])(C)C(=O)c1cccc(Cl)c1. The quantitative estimate of drug-likeness (QED) is 0.709. The van der Waals surface area contributed by atoms with Gasteiger partial charge in [0.15, 0.2) is 5.78 Å². The highest BCUT2D eigenvalue weighted by atomic mass is 35.5. The second-order valence-electron chi connectivity index (χ2n) is 4.68. The maximum atomic E-state index is 12.4. The molecule has 0 saturated heterocycles. The van der Waals surface area contributed by atoms with E-state index in [1.165, 1.54) is 13.0 Å². The van der Waals surface area contributed by atoms with Gasteiger partial charge < -0.3 is 0 Å². The lowest BCUT2D eigenvalue weighted by Gasteiger charge is -2.22. The minimum absolute atomic E-state index is 0.0537. The number of hydrogen-bond acceptors (Lipinski definition) is 1. The summed E-state index contributed by atoms with van der Waals surface area (Å²) in [6.45, 7) is 2.34. The molecule has 0 spiro atoms. The van der Waals surface area contributed by atoms with Crippen LogP contribution in [0.25, 0.3) is 0 Å². The largest absolute Gasteiger partial charge is 0.294 e. The van der Waals surface area contributed by atoms with Gasteiger partial charge in [0.05, 0.1) is 0 Å². The third kappa shape index (κ3) is 3.97. The molecule has 0 fully saturated rings. The highest BCUT2D eigenvalue weighted by Crippen LogP contribution is 2.26. The summed E-state index contributed by atoms with van der Waals surface area (Å²) in [5.74, 6) is -1.93. The summed E-state index contributed by atoms with van der Waals surface area (Å²) in [6.07, 6.45) is -0.0537. The number of hydrogen-bond donors (Lipinski definition) is 0. The van der Waals surface area contributed by atoms with Crippen molar-refractivity contribution < 1.29 is 10.3 Å². The molecule has 0 aliphatic heterocycles. The zero-order valence-electron chi connectivity index (χ0n) is 13.8. The van der Waals surface area contributed by atoms with Gasteiger partial charge in [0.1, 0.15) is 0 Å². The van der Waals surface area contributed by atoms with Crippen molar-refractivity contribution in [2.24, 2.45) is 11.3 Å². The Hall–Kier alpha value is -0.820. The van der Waals surface area contributed by atoms with E-state index in [1.807, 2.05) is 0 Å². The van der Waals surface area contributed by atoms with Gasteiger partial charge in [0.2, 0.25) is 0 Å². The fourth-order valence-electron chi connectivity index (χ4n) is 1.62. The summed E-state index contributed by atoms with van der Waals surface area (Å²) < 4.78 is 30.8. The standard InChI is InChI=1S/C14H19ClO/c1-10(9-14(2,3)4)13(16)11-6-5-7-12(15)8-11/h5-8,10H,9H2,1-4H3/t10-/m0/s1/i2D3,10D. The molecule has 0 saturated carbocycles. The first-order valence-corrected chi connectivity index (χ1v) is 5.55. The second-order valence-corrected chi connectivity index (χ2v) is 5.12. The first-order chi connectivity index (χ1) is 8.87. The Morgan fingerprint density at radius 3 is 2.88 bits per heavy atom. The molecule has 16 heavy (non-hydrogen) atoms. The number of rotatable bonds is 3. The normalized spacial score (nSPS) is 20.0. The van der Waals surface area contributed by atoms with Crippen LogP contribution in [0.5, 0.6) is 0 Å². The molecule has 0 aliphatic carbocycles. The zero-order valence-corrected chi connectivity index (χ0v) is 10.6. The molecule has 2 heteroatoms. The number of Topliss-reactive ketones (excluding diaryl/α,β-unsaturated/α-hetero) is 1. The number of carbonyl (C=O) groups excluding carboxylic acids is 1. The van der Waals surface area contributed by atoms with Crippen molar-refractivity contribution in [2.45, 2.75) is 34.0 Å². The Morgan fingerprint density at radius 1 is 1.62 bits per heavy atom. The van der Waals surface area contributed by atoms with Crippen molar-refractivity contribution in [3.63, 3.8) is 0 Å². The molecule has 0 radical (unpaired) electrons. The highest BCUT2D eigenvalue weighted by molar-refractivity contribution is 6.31. The average Bonchev–Trinajstić information content (AvgIpc) is 2.25. The molecule has 0 aliphatic rings. The van der Waals surface area contributed by atoms with Gasteiger partial charge in [0, 0.05) is 22.0 Å². The molecular formula is C14H19ClO. The molecule has 0 amide bonds. The van der Waals surface area contributed by atoms with Crippen LogP contribution in [0.1, 0.15) is 49.9 Å². The second kappa shape index (κ2) is 5.01. The van der Waals surface area contributed by atoms with Crippen LogP contribution in [0.15, 0.2) is 24.3 Å². The van der Waals surface area contributed by atoms with Gasteiger partial charge in [-0.3, -0.25) is 4.79 Å². The Balaban J connectivity index is 3.02. The van der Waals surface area contributed by atoms with Crippen molar-refractivity contribution in [3.05, 3.63) is 34.9 Å². The van der Waals surface area contributed by atoms with Crippen LogP contribution in [0, 0.1) is 11.3 Å². The summed E-state index contributed by atoms with van der Waals surface area (Å²) in [6, 6.07) is 6.37. The smallest absolute Gasteiger partial charge is 0.165 e. The van der Waals surface area contributed by atoms with E-state index in [-0.39, 0.29) is 6.42 Å². The van der Waals surface area contributed by atoms with Crippen molar-refractivity contribution in [1.82, 2.24) is 0 Å². The van der Waals surface area contributed by atoms with E-state index in [0.29, 0.717) is 10.6 Å². The van der Waals surface area contributed by atoms with Crippen LogP contribution in [0.3, 0.4) is 0 Å². The average molecular weight is 243 g/mol. The molecule has 0 aromatic heterocycles. The minimum Gasteiger partial charge on any atom is -0.294 e. The summed E-state index contributed by atoms with van der Waals surface area (Å²) in [7, 11) is 0. The molecule has 1 aromatic rings.